The SMILES string of the molecule is CCCN1CCN(c2cc(NC)nc(SC)n2)CC1. The first-order valence-corrected chi connectivity index (χ1v) is 8.07. The van der Waals surface area contributed by atoms with Gasteiger partial charge in [0.15, 0.2) is 5.16 Å². The number of rotatable bonds is 5. The van der Waals surface area contributed by atoms with Crippen molar-refractivity contribution >= 4 is 23.4 Å². The van der Waals surface area contributed by atoms with Crippen molar-refractivity contribution in [1.82, 2.24) is 14.9 Å². The minimum Gasteiger partial charge on any atom is -0.373 e. The van der Waals surface area contributed by atoms with Gasteiger partial charge in [0.05, 0.1) is 0 Å². The van der Waals surface area contributed by atoms with E-state index in [4.69, 9.17) is 0 Å². The molecule has 1 N–H and O–H groups in total. The highest BCUT2D eigenvalue weighted by Crippen LogP contribution is 2.21. The van der Waals surface area contributed by atoms with Crippen LogP contribution < -0.4 is 10.2 Å². The summed E-state index contributed by atoms with van der Waals surface area (Å²) < 4.78 is 0. The molecule has 1 fully saturated rings. The molecular weight excluding hydrogens is 258 g/mol. The Bertz CT molecular complexity index is 382. The van der Waals surface area contributed by atoms with Crippen molar-refractivity contribution in [3.8, 4) is 0 Å². The topological polar surface area (TPSA) is 44.3 Å². The van der Waals surface area contributed by atoms with E-state index in [1.54, 1.807) is 11.8 Å². The van der Waals surface area contributed by atoms with Crippen LogP contribution in [0.1, 0.15) is 13.3 Å². The maximum absolute atomic E-state index is 4.61. The number of hydrogen-bond donors (Lipinski definition) is 1. The van der Waals surface area contributed by atoms with Gasteiger partial charge in [-0.15, -0.1) is 0 Å². The molecule has 1 aromatic rings. The molecule has 0 radical (unpaired) electrons. The lowest BCUT2D eigenvalue weighted by Crippen LogP contribution is -2.46. The van der Waals surface area contributed by atoms with E-state index < -0.39 is 0 Å². The van der Waals surface area contributed by atoms with E-state index in [0.717, 1.165) is 43.0 Å². The van der Waals surface area contributed by atoms with Crippen molar-refractivity contribution in [2.45, 2.75) is 18.5 Å². The predicted octanol–water partition coefficient (Wildman–Crippen LogP) is 1.77. The number of piperazine rings is 1. The van der Waals surface area contributed by atoms with Crippen LogP contribution in [0.2, 0.25) is 0 Å². The summed E-state index contributed by atoms with van der Waals surface area (Å²) in [6.45, 7) is 7.79. The van der Waals surface area contributed by atoms with Gasteiger partial charge in [0.2, 0.25) is 0 Å². The molecular formula is C13H23N5S. The quantitative estimate of drug-likeness (QED) is 0.655. The summed E-state index contributed by atoms with van der Waals surface area (Å²) in [7, 11) is 1.90. The molecule has 5 nitrogen and oxygen atoms in total. The molecule has 0 saturated carbocycles. The van der Waals surface area contributed by atoms with Crippen LogP contribution in [0.3, 0.4) is 0 Å². The van der Waals surface area contributed by atoms with Crippen LogP contribution >= 0.6 is 11.8 Å². The molecule has 19 heavy (non-hydrogen) atoms. The second kappa shape index (κ2) is 6.96. The summed E-state index contributed by atoms with van der Waals surface area (Å²) in [6, 6.07) is 2.04. The van der Waals surface area contributed by atoms with Crippen molar-refractivity contribution in [3.63, 3.8) is 0 Å². The number of anilines is 2. The van der Waals surface area contributed by atoms with Crippen LogP contribution in [0.25, 0.3) is 0 Å². The monoisotopic (exact) mass is 281 g/mol. The zero-order valence-electron chi connectivity index (χ0n) is 12.0. The molecule has 0 unspecified atom stereocenters. The smallest absolute Gasteiger partial charge is 0.191 e. The maximum atomic E-state index is 4.61. The number of aromatic nitrogens is 2. The number of hydrogen-bond acceptors (Lipinski definition) is 6. The third-order valence-electron chi connectivity index (χ3n) is 3.37. The van der Waals surface area contributed by atoms with Crippen LogP contribution in [0.4, 0.5) is 11.6 Å². The number of nitrogens with zero attached hydrogens (tertiary/aromatic N) is 4. The van der Waals surface area contributed by atoms with E-state index in [1.807, 2.05) is 19.4 Å². The van der Waals surface area contributed by atoms with Gasteiger partial charge in [-0.25, -0.2) is 9.97 Å². The Morgan fingerprint density at radius 3 is 2.58 bits per heavy atom. The molecule has 0 amide bonds. The fraction of sp³-hybridized carbons (Fsp3) is 0.692. The Balaban J connectivity index is 2.06. The molecule has 1 saturated heterocycles. The fourth-order valence-corrected chi connectivity index (χ4v) is 2.69. The molecule has 6 heteroatoms. The lowest BCUT2D eigenvalue weighted by atomic mass is 10.3. The standard InChI is InChI=1S/C13H23N5S/c1-4-5-17-6-8-18(9-7-17)12-10-11(14-2)15-13(16-12)19-3/h10H,4-9H2,1-3H3,(H,14,15,16). The Labute approximate surface area is 119 Å². The zero-order valence-corrected chi connectivity index (χ0v) is 12.8. The first-order valence-electron chi connectivity index (χ1n) is 6.85. The highest BCUT2D eigenvalue weighted by molar-refractivity contribution is 7.98. The highest BCUT2D eigenvalue weighted by atomic mass is 32.2. The van der Waals surface area contributed by atoms with Crippen molar-refractivity contribution in [1.29, 1.82) is 0 Å². The van der Waals surface area contributed by atoms with Crippen LogP contribution in [-0.2, 0) is 0 Å². The van der Waals surface area contributed by atoms with E-state index in [2.05, 4.69) is 32.0 Å². The third kappa shape index (κ3) is 3.73. The summed E-state index contributed by atoms with van der Waals surface area (Å²) >= 11 is 1.59. The number of nitrogens with one attached hydrogen (secondary N) is 1. The zero-order chi connectivity index (χ0) is 13.7. The minimum absolute atomic E-state index is 0.831. The lowest BCUT2D eigenvalue weighted by molar-refractivity contribution is 0.258. The van der Waals surface area contributed by atoms with Gasteiger partial charge in [-0.1, -0.05) is 18.7 Å². The van der Waals surface area contributed by atoms with Gasteiger partial charge in [-0.2, -0.15) is 0 Å². The number of thioether (sulfide) groups is 1. The molecule has 106 valence electrons. The summed E-state index contributed by atoms with van der Waals surface area (Å²) in [5.41, 5.74) is 0. The van der Waals surface area contributed by atoms with E-state index >= 15 is 0 Å². The van der Waals surface area contributed by atoms with Gasteiger partial charge in [-0.3, -0.25) is 4.90 Å². The third-order valence-corrected chi connectivity index (χ3v) is 3.91. The average molecular weight is 281 g/mol. The van der Waals surface area contributed by atoms with Crippen molar-refractivity contribution in [3.05, 3.63) is 6.07 Å². The minimum atomic E-state index is 0.831. The largest absolute Gasteiger partial charge is 0.373 e. The van der Waals surface area contributed by atoms with Crippen LogP contribution in [0.5, 0.6) is 0 Å². The van der Waals surface area contributed by atoms with Crippen molar-refractivity contribution < 1.29 is 0 Å². The first-order chi connectivity index (χ1) is 9.26. The Kier molecular flexibility index (Phi) is 5.27. The lowest BCUT2D eigenvalue weighted by Gasteiger charge is -2.35. The summed E-state index contributed by atoms with van der Waals surface area (Å²) in [5, 5.41) is 3.94. The second-order valence-corrected chi connectivity index (χ2v) is 5.45. The first kappa shape index (κ1) is 14.4. The van der Waals surface area contributed by atoms with Gasteiger partial charge in [0.1, 0.15) is 11.6 Å². The van der Waals surface area contributed by atoms with Gasteiger partial charge < -0.3 is 10.2 Å². The fourth-order valence-electron chi connectivity index (χ4n) is 2.31. The van der Waals surface area contributed by atoms with Gasteiger partial charge in [-0.05, 0) is 19.2 Å². The summed E-state index contributed by atoms with van der Waals surface area (Å²) in [4.78, 5) is 13.9. The summed E-state index contributed by atoms with van der Waals surface area (Å²) in [6.07, 6.45) is 3.24. The van der Waals surface area contributed by atoms with Crippen molar-refractivity contribution in [2.24, 2.45) is 0 Å². The average Bonchev–Trinajstić information content (AvgIpc) is 2.47. The molecule has 0 aliphatic carbocycles. The second-order valence-electron chi connectivity index (χ2n) is 4.68. The normalized spacial score (nSPS) is 16.7. The molecule has 1 aromatic heterocycles. The Hall–Kier alpha value is -1.01. The summed E-state index contributed by atoms with van der Waals surface area (Å²) in [5.74, 6) is 1.94. The molecule has 0 atom stereocenters. The molecule has 0 aromatic carbocycles. The molecule has 0 spiro atoms. The molecule has 1 aliphatic rings. The van der Waals surface area contributed by atoms with Gasteiger partial charge >= 0.3 is 0 Å². The van der Waals surface area contributed by atoms with Crippen LogP contribution in [0.15, 0.2) is 11.2 Å². The highest BCUT2D eigenvalue weighted by Gasteiger charge is 2.18. The molecule has 0 bridgehead atoms. The van der Waals surface area contributed by atoms with Crippen LogP contribution in [0, 0.1) is 0 Å². The van der Waals surface area contributed by atoms with Crippen molar-refractivity contribution in [2.75, 3.05) is 56.2 Å². The van der Waals surface area contributed by atoms with E-state index in [9.17, 15) is 0 Å². The Morgan fingerprint density at radius 1 is 1.26 bits per heavy atom. The van der Waals surface area contributed by atoms with E-state index in [0.29, 0.717) is 0 Å². The molecule has 1 aliphatic heterocycles. The predicted molar refractivity (Wildman–Crippen MR) is 82.3 cm³/mol. The van der Waals surface area contributed by atoms with E-state index in [1.165, 1.54) is 13.0 Å². The molecule has 2 heterocycles. The maximum Gasteiger partial charge on any atom is 0.191 e. The molecule has 2 rings (SSSR count). The van der Waals surface area contributed by atoms with Gasteiger partial charge in [0, 0.05) is 39.3 Å². The Morgan fingerprint density at radius 2 is 2.00 bits per heavy atom. The van der Waals surface area contributed by atoms with E-state index in [-0.39, 0.29) is 0 Å². The van der Waals surface area contributed by atoms with Gasteiger partial charge in [0.25, 0.3) is 0 Å². The van der Waals surface area contributed by atoms with Crippen LogP contribution in [-0.4, -0.2) is 60.9 Å².